The number of thioether (sulfide) groups is 1. The molecule has 3 rings (SSSR count). The van der Waals surface area contributed by atoms with E-state index in [4.69, 9.17) is 4.42 Å². The number of aryl methyl sites for hydroxylation is 2. The zero-order valence-electron chi connectivity index (χ0n) is 14.0. The molecule has 0 atom stereocenters. The van der Waals surface area contributed by atoms with E-state index in [0.29, 0.717) is 5.76 Å². The second-order valence-electron chi connectivity index (χ2n) is 5.84. The number of hydrogen-bond donors (Lipinski definition) is 3. The summed E-state index contributed by atoms with van der Waals surface area (Å²) in [7, 11) is 0. The van der Waals surface area contributed by atoms with E-state index in [9.17, 15) is 14.4 Å². The average Bonchev–Trinajstić information content (AvgIpc) is 3.33. The van der Waals surface area contributed by atoms with Gasteiger partial charge in [-0.1, -0.05) is 6.07 Å². The SMILES string of the molecule is O=C(CSc1ccc2c(c1)CCC2)NNC(=O)C(=O)NCc1ccco1. The van der Waals surface area contributed by atoms with E-state index in [1.165, 1.54) is 35.6 Å². The first kappa shape index (κ1) is 18.1. The van der Waals surface area contributed by atoms with Gasteiger partial charge in [-0.25, -0.2) is 0 Å². The Labute approximate surface area is 154 Å². The molecule has 1 aromatic heterocycles. The van der Waals surface area contributed by atoms with Crippen molar-refractivity contribution in [3.63, 3.8) is 0 Å². The zero-order valence-corrected chi connectivity index (χ0v) is 14.9. The molecule has 2 aromatic rings. The smallest absolute Gasteiger partial charge is 0.327 e. The van der Waals surface area contributed by atoms with Crippen LogP contribution in [0.1, 0.15) is 23.3 Å². The number of carbonyl (C=O) groups excluding carboxylic acids is 3. The highest BCUT2D eigenvalue weighted by Gasteiger charge is 2.15. The van der Waals surface area contributed by atoms with E-state index >= 15 is 0 Å². The van der Waals surface area contributed by atoms with Crippen LogP contribution in [-0.2, 0) is 33.8 Å². The molecule has 26 heavy (non-hydrogen) atoms. The summed E-state index contributed by atoms with van der Waals surface area (Å²) in [6.07, 6.45) is 4.85. The molecule has 0 saturated heterocycles. The molecule has 1 aliphatic carbocycles. The fourth-order valence-electron chi connectivity index (χ4n) is 2.67. The predicted molar refractivity (Wildman–Crippen MR) is 96.0 cm³/mol. The molecule has 0 unspecified atom stereocenters. The second kappa shape index (κ2) is 8.57. The highest BCUT2D eigenvalue weighted by molar-refractivity contribution is 8.00. The number of furan rings is 1. The molecule has 0 saturated carbocycles. The number of benzene rings is 1. The van der Waals surface area contributed by atoms with Crippen molar-refractivity contribution >= 4 is 29.5 Å². The van der Waals surface area contributed by atoms with Gasteiger partial charge >= 0.3 is 11.8 Å². The third-order valence-corrected chi connectivity index (χ3v) is 4.96. The van der Waals surface area contributed by atoms with Gasteiger partial charge in [-0.15, -0.1) is 11.8 Å². The van der Waals surface area contributed by atoms with Crippen molar-refractivity contribution in [3.05, 3.63) is 53.5 Å². The summed E-state index contributed by atoms with van der Waals surface area (Å²) in [5, 5.41) is 2.39. The second-order valence-corrected chi connectivity index (χ2v) is 6.89. The van der Waals surface area contributed by atoms with Crippen molar-refractivity contribution in [1.29, 1.82) is 0 Å². The molecule has 1 heterocycles. The first-order chi connectivity index (χ1) is 12.6. The molecular weight excluding hydrogens is 354 g/mol. The highest BCUT2D eigenvalue weighted by Crippen LogP contribution is 2.27. The summed E-state index contributed by atoms with van der Waals surface area (Å²) in [6.45, 7) is 0.0986. The van der Waals surface area contributed by atoms with E-state index in [2.05, 4.69) is 28.3 Å². The Morgan fingerprint density at radius 2 is 1.88 bits per heavy atom. The highest BCUT2D eigenvalue weighted by atomic mass is 32.2. The van der Waals surface area contributed by atoms with Crippen LogP contribution in [0.5, 0.6) is 0 Å². The van der Waals surface area contributed by atoms with Crippen molar-refractivity contribution in [2.24, 2.45) is 0 Å². The fourth-order valence-corrected chi connectivity index (χ4v) is 3.43. The van der Waals surface area contributed by atoms with Crippen LogP contribution < -0.4 is 16.2 Å². The van der Waals surface area contributed by atoms with Crippen molar-refractivity contribution in [2.75, 3.05) is 5.75 Å². The normalized spacial score (nSPS) is 12.3. The maximum Gasteiger partial charge on any atom is 0.327 e. The molecule has 0 aliphatic heterocycles. The summed E-state index contributed by atoms with van der Waals surface area (Å²) < 4.78 is 5.04. The predicted octanol–water partition coefficient (Wildman–Crippen LogP) is 1.32. The minimum absolute atomic E-state index is 0.0986. The minimum atomic E-state index is -0.938. The van der Waals surface area contributed by atoms with Crippen molar-refractivity contribution in [1.82, 2.24) is 16.2 Å². The van der Waals surface area contributed by atoms with Crippen LogP contribution in [0.25, 0.3) is 0 Å². The van der Waals surface area contributed by atoms with Gasteiger partial charge in [-0.2, -0.15) is 0 Å². The fraction of sp³-hybridized carbons (Fsp3) is 0.278. The van der Waals surface area contributed by atoms with E-state index in [0.717, 1.165) is 17.7 Å². The lowest BCUT2D eigenvalue weighted by Crippen LogP contribution is -2.48. The molecule has 3 N–H and O–H groups in total. The molecule has 0 radical (unpaired) electrons. The Hall–Kier alpha value is -2.74. The van der Waals surface area contributed by atoms with Gasteiger partial charge in [-0.3, -0.25) is 25.2 Å². The first-order valence-electron chi connectivity index (χ1n) is 8.26. The number of rotatable bonds is 5. The molecule has 0 spiro atoms. The van der Waals surface area contributed by atoms with Gasteiger partial charge in [0.1, 0.15) is 5.76 Å². The Morgan fingerprint density at radius 3 is 2.69 bits per heavy atom. The summed E-state index contributed by atoms with van der Waals surface area (Å²) >= 11 is 1.39. The van der Waals surface area contributed by atoms with Gasteiger partial charge in [0.05, 0.1) is 18.6 Å². The Morgan fingerprint density at radius 1 is 1.04 bits per heavy atom. The van der Waals surface area contributed by atoms with Gasteiger partial charge in [0.15, 0.2) is 0 Å². The summed E-state index contributed by atoms with van der Waals surface area (Å²) in [4.78, 5) is 36.1. The molecule has 0 fully saturated rings. The standard InChI is InChI=1S/C18H19N3O4S/c22-16(11-26-15-7-6-12-3-1-4-13(12)9-15)20-21-18(24)17(23)19-10-14-5-2-8-25-14/h2,5-9H,1,3-4,10-11H2,(H,19,23)(H,20,22)(H,21,24). The van der Waals surface area contributed by atoms with Gasteiger partial charge < -0.3 is 9.73 Å². The maximum atomic E-state index is 11.8. The van der Waals surface area contributed by atoms with Crippen LogP contribution in [-0.4, -0.2) is 23.5 Å². The van der Waals surface area contributed by atoms with Crippen LogP contribution in [0.4, 0.5) is 0 Å². The van der Waals surface area contributed by atoms with Crippen LogP contribution in [0.15, 0.2) is 45.9 Å². The molecule has 1 aliphatic rings. The van der Waals surface area contributed by atoms with E-state index in [-0.39, 0.29) is 18.2 Å². The van der Waals surface area contributed by atoms with E-state index in [1.54, 1.807) is 12.1 Å². The maximum absolute atomic E-state index is 11.8. The molecule has 1 aromatic carbocycles. The largest absolute Gasteiger partial charge is 0.467 e. The number of nitrogens with one attached hydrogen (secondary N) is 3. The summed E-state index contributed by atoms with van der Waals surface area (Å²) in [5.41, 5.74) is 7.06. The van der Waals surface area contributed by atoms with Gasteiger partial charge in [0.25, 0.3) is 0 Å². The van der Waals surface area contributed by atoms with Crippen LogP contribution in [0.3, 0.4) is 0 Å². The molecule has 0 bridgehead atoms. The zero-order chi connectivity index (χ0) is 18.4. The third kappa shape index (κ3) is 4.89. The number of amides is 3. The summed E-state index contributed by atoms with van der Waals surface area (Å²) in [5.74, 6) is -1.50. The first-order valence-corrected chi connectivity index (χ1v) is 9.24. The monoisotopic (exact) mass is 373 g/mol. The molecule has 3 amide bonds. The average molecular weight is 373 g/mol. The van der Waals surface area contributed by atoms with Crippen LogP contribution >= 0.6 is 11.8 Å². The molecular formula is C18H19N3O4S. The van der Waals surface area contributed by atoms with Gasteiger partial charge in [-0.05, 0) is 54.7 Å². The minimum Gasteiger partial charge on any atom is -0.467 e. The van der Waals surface area contributed by atoms with Crippen molar-refractivity contribution < 1.29 is 18.8 Å². The van der Waals surface area contributed by atoms with Crippen molar-refractivity contribution in [3.8, 4) is 0 Å². The summed E-state index contributed by atoms with van der Waals surface area (Å²) in [6, 6.07) is 9.58. The Kier molecular flexibility index (Phi) is 5.96. The Balaban J connectivity index is 1.36. The van der Waals surface area contributed by atoms with E-state index < -0.39 is 11.8 Å². The number of hydrogen-bond acceptors (Lipinski definition) is 5. The lowest BCUT2D eigenvalue weighted by Gasteiger charge is -2.08. The van der Waals surface area contributed by atoms with E-state index in [1.807, 2.05) is 6.07 Å². The quantitative estimate of drug-likeness (QED) is 0.417. The topological polar surface area (TPSA) is 100 Å². The third-order valence-electron chi connectivity index (χ3n) is 3.96. The molecule has 8 heteroatoms. The van der Waals surface area contributed by atoms with Crippen LogP contribution in [0.2, 0.25) is 0 Å². The lowest BCUT2D eigenvalue weighted by atomic mass is 10.1. The lowest BCUT2D eigenvalue weighted by molar-refractivity contribution is -0.140. The molecule has 136 valence electrons. The van der Waals surface area contributed by atoms with Gasteiger partial charge in [0, 0.05) is 4.90 Å². The van der Waals surface area contributed by atoms with Gasteiger partial charge in [0.2, 0.25) is 5.91 Å². The Bertz CT molecular complexity index is 805. The number of hydrazine groups is 1. The number of carbonyl (C=O) groups is 3. The van der Waals surface area contributed by atoms with Crippen molar-refractivity contribution in [2.45, 2.75) is 30.7 Å². The number of fused-ring (bicyclic) bond motifs is 1. The van der Waals surface area contributed by atoms with Crippen LogP contribution in [0, 0.1) is 0 Å². The molecule has 7 nitrogen and oxygen atoms in total.